The van der Waals surface area contributed by atoms with Gasteiger partial charge in [0.15, 0.2) is 10.3 Å². The van der Waals surface area contributed by atoms with Crippen LogP contribution >= 0.6 is 46.7 Å². The zero-order chi connectivity index (χ0) is 58.1. The molecule has 420 valence electrons. The van der Waals surface area contributed by atoms with Crippen molar-refractivity contribution in [2.24, 2.45) is 9.98 Å². The van der Waals surface area contributed by atoms with Crippen LogP contribution in [0.15, 0.2) is 156 Å². The van der Waals surface area contributed by atoms with Gasteiger partial charge in [-0.05, 0) is 123 Å². The fourth-order valence-corrected chi connectivity index (χ4v) is 10.3. The van der Waals surface area contributed by atoms with Gasteiger partial charge >= 0.3 is 11.1 Å². The Morgan fingerprint density at radius 1 is 0.588 bits per heavy atom. The van der Waals surface area contributed by atoms with Crippen LogP contribution < -0.4 is 29.9 Å². The molecule has 22 heteroatoms. The maximum atomic E-state index is 13.3. The molecule has 0 radical (unpaired) electrons. The van der Waals surface area contributed by atoms with Crippen molar-refractivity contribution >= 4 is 109 Å². The minimum Gasteiger partial charge on any atom is -0.481 e. The number of anilines is 4. The Hall–Kier alpha value is -7.39. The number of carbonyl (C=O) groups is 5. The second-order valence-corrected chi connectivity index (χ2v) is 21.4. The van der Waals surface area contributed by atoms with Crippen LogP contribution in [-0.2, 0) is 36.8 Å². The highest BCUT2D eigenvalue weighted by molar-refractivity contribution is 8.15. The van der Waals surface area contributed by atoms with Gasteiger partial charge in [-0.3, -0.25) is 34.0 Å². The van der Waals surface area contributed by atoms with E-state index >= 15 is 0 Å². The van der Waals surface area contributed by atoms with Gasteiger partial charge in [-0.1, -0.05) is 120 Å². The average molecular weight is 1180 g/mol. The Labute approximate surface area is 478 Å². The topological polar surface area (TPSA) is 179 Å². The Morgan fingerprint density at radius 2 is 0.925 bits per heavy atom. The van der Waals surface area contributed by atoms with Gasteiger partial charge in [0.2, 0.25) is 23.6 Å². The number of thioether (sulfide) groups is 2. The number of hydrogen-bond donors (Lipinski definition) is 3. The summed E-state index contributed by atoms with van der Waals surface area (Å²) in [6, 6.07) is 42.4. The molecule has 3 N–H and O–H groups in total. The molecule has 80 heavy (non-hydrogen) atoms. The number of ether oxygens (including phenoxy) is 2. The molecule has 0 aromatic heterocycles. The molecule has 0 aliphatic carbocycles. The number of hydrogen-bond acceptors (Lipinski definition) is 11. The molecule has 8 rings (SSSR count). The standard InChI is InChI=1S/2C28H26ClF2N3O3S.C2H4O2/c2*1-18-8-13-23(19(2)16-18)34-25(35)17-24(26(34)36)38-27(32-15-14-20-6-4-3-5-7-20)33-21-9-11-22(12-10-21)37-28(29,30)31;1-2(3)4/h2*3-13,16,24H,14-15,17H2,1-2H3,(H,32,33);1H3,(H,3,4). The van der Waals surface area contributed by atoms with Crippen LogP contribution in [0, 0.1) is 27.7 Å². The number of aryl methyl sites for hydroxylation is 4. The van der Waals surface area contributed by atoms with E-state index in [4.69, 9.17) is 33.1 Å². The van der Waals surface area contributed by atoms with Crippen molar-refractivity contribution in [2.75, 3.05) is 33.5 Å². The van der Waals surface area contributed by atoms with Crippen LogP contribution in [0.3, 0.4) is 0 Å². The number of amides is 4. The molecule has 2 saturated heterocycles. The van der Waals surface area contributed by atoms with Crippen molar-refractivity contribution < 1.29 is 56.1 Å². The Balaban J connectivity index is 0.000000242. The summed E-state index contributed by atoms with van der Waals surface area (Å²) in [4.78, 5) is 73.2. The first-order valence-corrected chi connectivity index (χ1v) is 27.3. The summed E-state index contributed by atoms with van der Waals surface area (Å²) in [5.41, 5.74) is 0.612. The fraction of sp³-hybridized carbons (Fsp3) is 0.259. The second kappa shape index (κ2) is 28.7. The van der Waals surface area contributed by atoms with Crippen LogP contribution in [-0.4, -0.2) is 79.8 Å². The highest BCUT2D eigenvalue weighted by Gasteiger charge is 2.43. The average Bonchev–Trinajstić information content (AvgIpc) is 3.81. The number of aliphatic carboxylic acids is 1. The summed E-state index contributed by atoms with van der Waals surface area (Å²) >= 11 is 12.0. The van der Waals surface area contributed by atoms with E-state index in [1.54, 1.807) is 12.1 Å². The van der Waals surface area contributed by atoms with Crippen molar-refractivity contribution in [2.45, 2.75) is 81.9 Å². The number of nitrogens with zero attached hydrogens (tertiary/aromatic N) is 4. The predicted molar refractivity (Wildman–Crippen MR) is 310 cm³/mol. The molecule has 2 fully saturated rings. The lowest BCUT2D eigenvalue weighted by Gasteiger charge is -2.18. The van der Waals surface area contributed by atoms with E-state index in [1.165, 1.54) is 81.9 Å². The molecular formula is C58H56Cl2F4N6O8S2. The molecule has 2 atom stereocenters. The summed E-state index contributed by atoms with van der Waals surface area (Å²) in [5.74, 6) is -2.20. The third-order valence-electron chi connectivity index (χ3n) is 11.6. The van der Waals surface area contributed by atoms with Crippen LogP contribution in [0.1, 0.15) is 53.1 Å². The molecule has 6 aromatic rings. The third-order valence-corrected chi connectivity index (χ3v) is 13.9. The number of alkyl halides is 6. The first kappa shape index (κ1) is 61.8. The normalized spacial score (nSPS) is 15.7. The second-order valence-electron chi connectivity index (χ2n) is 18.1. The molecule has 2 aliphatic rings. The Morgan fingerprint density at radius 3 is 1.24 bits per heavy atom. The van der Waals surface area contributed by atoms with Gasteiger partial charge in [0, 0.05) is 67.4 Å². The Bertz CT molecular complexity index is 2980. The van der Waals surface area contributed by atoms with E-state index in [9.17, 15) is 36.7 Å². The van der Waals surface area contributed by atoms with Gasteiger partial charge < -0.3 is 25.2 Å². The first-order valence-electron chi connectivity index (χ1n) is 24.7. The maximum absolute atomic E-state index is 13.3. The van der Waals surface area contributed by atoms with Gasteiger partial charge in [-0.2, -0.15) is 0 Å². The van der Waals surface area contributed by atoms with Gasteiger partial charge in [0.25, 0.3) is 5.97 Å². The molecule has 2 unspecified atom stereocenters. The maximum Gasteiger partial charge on any atom is 0.487 e. The molecule has 14 nitrogen and oxygen atoms in total. The summed E-state index contributed by atoms with van der Waals surface area (Å²) < 4.78 is 60.5. The Kier molecular flexibility index (Phi) is 22.1. The van der Waals surface area contributed by atoms with Crippen molar-refractivity contribution in [3.63, 3.8) is 0 Å². The molecule has 6 aromatic carbocycles. The number of halogens is 6. The SMILES string of the molecule is CC(=O)O.Cc1ccc(N2C(=O)CC(SC(=NCCc3ccccc3)Nc3ccc(OC(F)(F)Cl)cc3)C2=O)c(C)c1.Cc1ccc(N2C(=O)CC(SC(=NCCc3ccccc3)Nc3ccc(OC(F)(F)Cl)cc3)C2=O)c(C)c1. The zero-order valence-corrected chi connectivity index (χ0v) is 47.1. The first-order chi connectivity index (χ1) is 37.9. The summed E-state index contributed by atoms with van der Waals surface area (Å²) in [6.07, 6.45) is 1.42. The summed E-state index contributed by atoms with van der Waals surface area (Å²) in [7, 11) is 0. The van der Waals surface area contributed by atoms with Crippen molar-refractivity contribution in [1.29, 1.82) is 0 Å². The molecule has 0 saturated carbocycles. The highest BCUT2D eigenvalue weighted by Crippen LogP contribution is 2.36. The number of nitrogens with one attached hydrogen (secondary N) is 2. The number of carboxylic acid groups (broad SMARTS) is 1. The third kappa shape index (κ3) is 19.5. The molecule has 2 heterocycles. The van der Waals surface area contributed by atoms with Crippen molar-refractivity contribution in [3.8, 4) is 11.5 Å². The number of rotatable bonds is 16. The number of carboxylic acids is 1. The van der Waals surface area contributed by atoms with E-state index in [1.807, 2.05) is 113 Å². The minimum atomic E-state index is -3.81. The number of benzene rings is 6. The monoisotopic (exact) mass is 1170 g/mol. The smallest absolute Gasteiger partial charge is 0.481 e. The summed E-state index contributed by atoms with van der Waals surface area (Å²) in [6.45, 7) is 9.60. The quantitative estimate of drug-likeness (QED) is 0.0275. The zero-order valence-electron chi connectivity index (χ0n) is 43.9. The fourth-order valence-electron chi connectivity index (χ4n) is 8.08. The minimum absolute atomic E-state index is 0.0355. The number of aliphatic imine (C=N–C) groups is 2. The lowest BCUT2D eigenvalue weighted by atomic mass is 10.1. The summed E-state index contributed by atoms with van der Waals surface area (Å²) in [5, 5.41) is 13.3. The van der Waals surface area contributed by atoms with Crippen LogP contribution in [0.5, 0.6) is 11.5 Å². The van der Waals surface area contributed by atoms with Crippen LogP contribution in [0.25, 0.3) is 0 Å². The van der Waals surface area contributed by atoms with Crippen molar-refractivity contribution in [1.82, 2.24) is 0 Å². The predicted octanol–water partition coefficient (Wildman–Crippen LogP) is 13.2. The molecule has 0 bridgehead atoms. The molecule has 2 aliphatic heterocycles. The van der Waals surface area contributed by atoms with Gasteiger partial charge in [-0.25, -0.2) is 9.80 Å². The van der Waals surface area contributed by atoms with Gasteiger partial charge in [-0.15, -0.1) is 17.6 Å². The van der Waals surface area contributed by atoms with E-state index in [0.29, 0.717) is 59.0 Å². The van der Waals surface area contributed by atoms with Gasteiger partial charge in [0.05, 0.1) is 11.4 Å². The van der Waals surface area contributed by atoms with E-state index in [-0.39, 0.29) is 48.0 Å². The number of amidine groups is 2. The number of carbonyl (C=O) groups excluding carboxylic acids is 4. The molecule has 0 spiro atoms. The lowest BCUT2D eigenvalue weighted by molar-refractivity contribution is -0.134. The number of imide groups is 2. The van der Waals surface area contributed by atoms with E-state index in [0.717, 1.165) is 40.3 Å². The van der Waals surface area contributed by atoms with E-state index in [2.05, 4.69) is 30.1 Å². The van der Waals surface area contributed by atoms with Crippen LogP contribution in [0.4, 0.5) is 40.3 Å². The van der Waals surface area contributed by atoms with Crippen LogP contribution in [0.2, 0.25) is 0 Å². The largest absolute Gasteiger partial charge is 0.487 e. The van der Waals surface area contributed by atoms with Crippen molar-refractivity contribution in [3.05, 3.63) is 179 Å². The molecule has 4 amide bonds. The molecular weight excluding hydrogens is 1120 g/mol. The highest BCUT2D eigenvalue weighted by atomic mass is 35.5. The van der Waals surface area contributed by atoms with Gasteiger partial charge in [0.1, 0.15) is 22.0 Å². The lowest BCUT2D eigenvalue weighted by Crippen LogP contribution is -2.32. The van der Waals surface area contributed by atoms with E-state index < -0.39 is 27.6 Å².